The number of aromatic nitrogens is 2. The van der Waals surface area contributed by atoms with Crippen LogP contribution >= 0.6 is 22.7 Å². The molecule has 1 N–H and O–H groups in total. The quantitative estimate of drug-likeness (QED) is 0.302. The standard InChI is InChI=1S/C23H26N4O4S2/c1-3-4-5-9-12-27(23-26-18(14-33-23)17-10-7-6-8-11-17)20(29)13-31-21(30)19-15-32-22(25-19)24-16(2)28/h6-8,10-11,14-15H,3-5,9,12-13H2,1-2H3,(H,24,25,28). The first kappa shape index (κ1) is 24.5. The van der Waals surface area contributed by atoms with Crippen LogP contribution in [0, 0.1) is 0 Å². The smallest absolute Gasteiger partial charge is 0.358 e. The van der Waals surface area contributed by atoms with Gasteiger partial charge in [0.25, 0.3) is 5.91 Å². The third kappa shape index (κ3) is 7.19. The zero-order valence-corrected chi connectivity index (χ0v) is 20.2. The van der Waals surface area contributed by atoms with E-state index in [0.29, 0.717) is 16.8 Å². The number of carbonyl (C=O) groups is 3. The Morgan fingerprint density at radius 2 is 1.82 bits per heavy atom. The van der Waals surface area contributed by atoms with Crippen LogP contribution < -0.4 is 10.2 Å². The van der Waals surface area contributed by atoms with E-state index in [-0.39, 0.29) is 17.5 Å². The molecule has 0 saturated carbocycles. The Morgan fingerprint density at radius 1 is 1.03 bits per heavy atom. The first-order chi connectivity index (χ1) is 16.0. The maximum atomic E-state index is 13.0. The minimum atomic E-state index is -0.716. The number of hydrogen-bond donors (Lipinski definition) is 1. The number of amides is 2. The topological polar surface area (TPSA) is 101 Å². The van der Waals surface area contributed by atoms with Crippen molar-refractivity contribution in [3.05, 3.63) is 46.8 Å². The molecule has 1 aromatic carbocycles. The van der Waals surface area contributed by atoms with Gasteiger partial charge in [-0.25, -0.2) is 14.8 Å². The number of benzene rings is 1. The summed E-state index contributed by atoms with van der Waals surface area (Å²) < 4.78 is 5.21. The normalized spacial score (nSPS) is 10.6. The van der Waals surface area contributed by atoms with Crippen LogP contribution in [0.25, 0.3) is 11.3 Å². The first-order valence-electron chi connectivity index (χ1n) is 10.7. The third-order valence-electron chi connectivity index (χ3n) is 4.65. The summed E-state index contributed by atoms with van der Waals surface area (Å²) in [6, 6.07) is 9.76. The fourth-order valence-corrected chi connectivity index (χ4v) is 4.61. The number of ether oxygens (including phenoxy) is 1. The maximum absolute atomic E-state index is 13.0. The number of rotatable bonds is 11. The van der Waals surface area contributed by atoms with Gasteiger partial charge in [-0.05, 0) is 6.42 Å². The number of unbranched alkanes of at least 4 members (excludes halogenated alkanes) is 3. The van der Waals surface area contributed by atoms with Gasteiger partial charge in [-0.1, -0.05) is 56.5 Å². The van der Waals surface area contributed by atoms with Crippen LogP contribution in [0.5, 0.6) is 0 Å². The largest absolute Gasteiger partial charge is 0.451 e. The van der Waals surface area contributed by atoms with E-state index >= 15 is 0 Å². The lowest BCUT2D eigenvalue weighted by Crippen LogP contribution is -2.35. The monoisotopic (exact) mass is 486 g/mol. The highest BCUT2D eigenvalue weighted by Crippen LogP contribution is 2.28. The fourth-order valence-electron chi connectivity index (χ4n) is 3.01. The molecule has 0 bridgehead atoms. The summed E-state index contributed by atoms with van der Waals surface area (Å²) in [5.74, 6) is -1.34. The number of nitrogens with one attached hydrogen (secondary N) is 1. The minimum absolute atomic E-state index is 0.0478. The van der Waals surface area contributed by atoms with Crippen LogP contribution in [0.15, 0.2) is 41.1 Å². The van der Waals surface area contributed by atoms with Gasteiger partial charge in [-0.2, -0.15) is 0 Å². The van der Waals surface area contributed by atoms with Crippen LogP contribution in [-0.4, -0.2) is 40.9 Å². The lowest BCUT2D eigenvalue weighted by atomic mass is 10.2. The number of esters is 1. The third-order valence-corrected chi connectivity index (χ3v) is 6.27. The molecule has 0 unspecified atom stereocenters. The molecule has 174 valence electrons. The highest BCUT2D eigenvalue weighted by molar-refractivity contribution is 7.14. The van der Waals surface area contributed by atoms with Gasteiger partial charge < -0.3 is 10.1 Å². The molecule has 0 fully saturated rings. The van der Waals surface area contributed by atoms with Crippen LogP contribution in [-0.2, 0) is 14.3 Å². The van der Waals surface area contributed by atoms with E-state index < -0.39 is 12.6 Å². The van der Waals surface area contributed by atoms with Crippen molar-refractivity contribution in [1.82, 2.24) is 9.97 Å². The van der Waals surface area contributed by atoms with Gasteiger partial charge in [-0.3, -0.25) is 14.5 Å². The first-order valence-corrected chi connectivity index (χ1v) is 12.5. The van der Waals surface area contributed by atoms with E-state index in [1.54, 1.807) is 4.90 Å². The second kappa shape index (κ2) is 12.2. The van der Waals surface area contributed by atoms with E-state index in [1.807, 2.05) is 35.7 Å². The van der Waals surface area contributed by atoms with Gasteiger partial charge in [0.1, 0.15) is 0 Å². The summed E-state index contributed by atoms with van der Waals surface area (Å²) in [5.41, 5.74) is 1.82. The lowest BCUT2D eigenvalue weighted by molar-refractivity contribution is -0.121. The fraction of sp³-hybridized carbons (Fsp3) is 0.348. The number of hydrogen-bond acceptors (Lipinski definition) is 8. The van der Waals surface area contributed by atoms with E-state index in [2.05, 4.69) is 22.2 Å². The average molecular weight is 487 g/mol. The Morgan fingerprint density at radius 3 is 2.55 bits per heavy atom. The molecule has 0 spiro atoms. The Balaban J connectivity index is 1.66. The summed E-state index contributed by atoms with van der Waals surface area (Å²) in [4.78, 5) is 46.7. The molecule has 0 radical (unpaired) electrons. The number of nitrogens with zero attached hydrogens (tertiary/aromatic N) is 3. The predicted octanol–water partition coefficient (Wildman–Crippen LogP) is 5.00. The summed E-state index contributed by atoms with van der Waals surface area (Å²) in [6.45, 7) is 3.57. The van der Waals surface area contributed by atoms with Crippen molar-refractivity contribution >= 4 is 50.7 Å². The number of anilines is 2. The molecular formula is C23H26N4O4S2. The van der Waals surface area contributed by atoms with Crippen molar-refractivity contribution in [3.8, 4) is 11.3 Å². The Kier molecular flexibility index (Phi) is 9.08. The highest BCUT2D eigenvalue weighted by Gasteiger charge is 2.22. The molecule has 2 amide bonds. The van der Waals surface area contributed by atoms with Gasteiger partial charge in [0.05, 0.1) is 5.69 Å². The van der Waals surface area contributed by atoms with Crippen molar-refractivity contribution in [2.75, 3.05) is 23.4 Å². The van der Waals surface area contributed by atoms with Crippen molar-refractivity contribution in [2.45, 2.75) is 39.5 Å². The molecule has 3 rings (SSSR count). The van der Waals surface area contributed by atoms with Crippen LogP contribution in [0.1, 0.15) is 50.0 Å². The van der Waals surface area contributed by atoms with Crippen LogP contribution in [0.4, 0.5) is 10.3 Å². The SMILES string of the molecule is CCCCCCN(C(=O)COC(=O)c1csc(NC(C)=O)n1)c1nc(-c2ccccc2)cs1. The van der Waals surface area contributed by atoms with Crippen molar-refractivity contribution in [3.63, 3.8) is 0 Å². The molecular weight excluding hydrogens is 460 g/mol. The summed E-state index contributed by atoms with van der Waals surface area (Å²) in [5, 5.41) is 6.79. The van der Waals surface area contributed by atoms with E-state index in [9.17, 15) is 14.4 Å². The van der Waals surface area contributed by atoms with Crippen LogP contribution in [0.3, 0.4) is 0 Å². The predicted molar refractivity (Wildman–Crippen MR) is 131 cm³/mol. The van der Waals surface area contributed by atoms with E-state index in [1.165, 1.54) is 23.6 Å². The lowest BCUT2D eigenvalue weighted by Gasteiger charge is -2.19. The Labute approximate surface area is 200 Å². The molecule has 0 atom stereocenters. The maximum Gasteiger partial charge on any atom is 0.358 e. The van der Waals surface area contributed by atoms with Gasteiger partial charge in [-0.15, -0.1) is 22.7 Å². The highest BCUT2D eigenvalue weighted by atomic mass is 32.1. The molecule has 8 nitrogen and oxygen atoms in total. The number of carbonyl (C=O) groups excluding carboxylic acids is 3. The molecule has 0 saturated heterocycles. The molecule has 0 aliphatic rings. The molecule has 10 heteroatoms. The molecule has 3 aromatic rings. The summed E-state index contributed by atoms with van der Waals surface area (Å²) in [7, 11) is 0. The van der Waals surface area contributed by atoms with Crippen molar-refractivity contribution < 1.29 is 19.1 Å². The Hall–Kier alpha value is -3.11. The molecule has 2 heterocycles. The molecule has 0 aliphatic heterocycles. The van der Waals surface area contributed by atoms with E-state index in [4.69, 9.17) is 4.74 Å². The van der Waals surface area contributed by atoms with Gasteiger partial charge in [0.15, 0.2) is 22.6 Å². The number of thiazole rings is 2. The second-order valence-corrected chi connectivity index (χ2v) is 8.98. The van der Waals surface area contributed by atoms with Gasteiger partial charge in [0.2, 0.25) is 5.91 Å². The van der Waals surface area contributed by atoms with Gasteiger partial charge >= 0.3 is 5.97 Å². The zero-order valence-electron chi connectivity index (χ0n) is 18.6. The molecule has 33 heavy (non-hydrogen) atoms. The average Bonchev–Trinajstić information content (AvgIpc) is 3.48. The molecule has 2 aromatic heterocycles. The summed E-state index contributed by atoms with van der Waals surface area (Å²) >= 11 is 2.50. The minimum Gasteiger partial charge on any atom is -0.451 e. The molecule has 0 aliphatic carbocycles. The Bertz CT molecular complexity index is 1080. The second-order valence-electron chi connectivity index (χ2n) is 7.28. The van der Waals surface area contributed by atoms with Crippen LogP contribution in [0.2, 0.25) is 0 Å². The van der Waals surface area contributed by atoms with E-state index in [0.717, 1.165) is 48.3 Å². The van der Waals surface area contributed by atoms with Crippen molar-refractivity contribution in [2.24, 2.45) is 0 Å². The van der Waals surface area contributed by atoms with Crippen molar-refractivity contribution in [1.29, 1.82) is 0 Å². The van der Waals surface area contributed by atoms with Gasteiger partial charge in [0, 0.05) is 29.8 Å². The summed E-state index contributed by atoms with van der Waals surface area (Å²) in [6.07, 6.45) is 4.02. The zero-order chi connectivity index (χ0) is 23.6.